The second-order valence-corrected chi connectivity index (χ2v) is 6.98. The first-order valence-electron chi connectivity index (χ1n) is 8.90. The number of aromatic amines is 1. The highest BCUT2D eigenvalue weighted by atomic mass is 32.1. The molecule has 0 unspecified atom stereocenters. The van der Waals surface area contributed by atoms with Gasteiger partial charge in [0.05, 0.1) is 12.2 Å². The van der Waals surface area contributed by atoms with Crippen molar-refractivity contribution in [3.8, 4) is 28.8 Å². The number of H-pyrrole nitrogens is 1. The normalized spacial score (nSPS) is 12.0. The van der Waals surface area contributed by atoms with Gasteiger partial charge in [0, 0.05) is 37.3 Å². The molecule has 2 heterocycles. The van der Waals surface area contributed by atoms with Crippen molar-refractivity contribution in [1.82, 2.24) is 9.97 Å². The lowest BCUT2D eigenvalue weighted by Gasteiger charge is -2.22. The summed E-state index contributed by atoms with van der Waals surface area (Å²) in [5.41, 5.74) is 4.04. The summed E-state index contributed by atoms with van der Waals surface area (Å²) >= 11 is 5.56. The lowest BCUT2D eigenvalue weighted by Crippen LogP contribution is -2.10. The fourth-order valence-electron chi connectivity index (χ4n) is 3.15. The molecule has 0 saturated carbocycles. The minimum Gasteiger partial charge on any atom is -0.490 e. The van der Waals surface area contributed by atoms with Gasteiger partial charge in [-0.3, -0.25) is 0 Å². The van der Waals surface area contributed by atoms with E-state index in [1.807, 2.05) is 51.4 Å². The van der Waals surface area contributed by atoms with E-state index in [1.54, 1.807) is 0 Å². The van der Waals surface area contributed by atoms with Gasteiger partial charge in [0.25, 0.3) is 0 Å². The molecule has 138 valence electrons. The molecule has 1 aliphatic rings. The van der Waals surface area contributed by atoms with Gasteiger partial charge < -0.3 is 19.4 Å². The number of hydrogen-bond acceptors (Lipinski definition) is 5. The maximum Gasteiger partial charge on any atom is 0.205 e. The Morgan fingerprint density at radius 1 is 1.19 bits per heavy atom. The van der Waals surface area contributed by atoms with Gasteiger partial charge in [-0.05, 0) is 37.3 Å². The molecule has 1 N–H and O–H groups in total. The van der Waals surface area contributed by atoms with Crippen LogP contribution >= 0.6 is 12.2 Å². The predicted molar refractivity (Wildman–Crippen MR) is 110 cm³/mol. The van der Waals surface area contributed by atoms with Crippen LogP contribution in [0.3, 0.4) is 0 Å². The Morgan fingerprint density at radius 2 is 1.96 bits per heavy atom. The second kappa shape index (κ2) is 7.04. The Balaban J connectivity index is 1.74. The number of para-hydroxylation sites is 1. The van der Waals surface area contributed by atoms with Crippen molar-refractivity contribution in [3.05, 3.63) is 58.2 Å². The van der Waals surface area contributed by atoms with Crippen molar-refractivity contribution < 1.29 is 9.47 Å². The molecule has 6 heteroatoms. The maximum absolute atomic E-state index is 6.17. The third-order valence-corrected chi connectivity index (χ3v) is 4.90. The van der Waals surface area contributed by atoms with Crippen molar-refractivity contribution in [2.75, 3.05) is 25.6 Å². The highest BCUT2D eigenvalue weighted by molar-refractivity contribution is 7.71. The largest absolute Gasteiger partial charge is 0.490 e. The molecule has 0 atom stereocenters. The van der Waals surface area contributed by atoms with E-state index in [0.29, 0.717) is 29.4 Å². The van der Waals surface area contributed by atoms with Crippen molar-refractivity contribution in [1.29, 1.82) is 0 Å². The van der Waals surface area contributed by atoms with Crippen LogP contribution < -0.4 is 14.4 Å². The van der Waals surface area contributed by atoms with Crippen molar-refractivity contribution >= 4 is 17.9 Å². The van der Waals surface area contributed by atoms with Crippen LogP contribution in [0.1, 0.15) is 18.1 Å². The Hall–Kier alpha value is -2.86. The lowest BCUT2D eigenvalue weighted by molar-refractivity contribution is 0.315. The van der Waals surface area contributed by atoms with Crippen LogP contribution in [0.4, 0.5) is 5.69 Å². The Kier molecular flexibility index (Phi) is 4.58. The quantitative estimate of drug-likeness (QED) is 0.508. The molecule has 5 nitrogen and oxygen atoms in total. The maximum atomic E-state index is 6.17. The fourth-order valence-corrected chi connectivity index (χ4v) is 3.41. The highest BCUT2D eigenvalue weighted by Gasteiger charge is 2.23. The molecule has 4 rings (SSSR count). The van der Waals surface area contributed by atoms with Gasteiger partial charge in [0.15, 0.2) is 11.5 Å². The zero-order valence-corrected chi connectivity index (χ0v) is 16.4. The Morgan fingerprint density at radius 3 is 2.67 bits per heavy atom. The molecule has 2 aromatic carbocycles. The molecule has 27 heavy (non-hydrogen) atoms. The number of aromatic nitrogens is 2. The Bertz CT molecular complexity index is 1040. The van der Waals surface area contributed by atoms with Gasteiger partial charge in [-0.1, -0.05) is 24.4 Å². The first kappa shape index (κ1) is 17.5. The van der Waals surface area contributed by atoms with E-state index in [9.17, 15) is 0 Å². The summed E-state index contributed by atoms with van der Waals surface area (Å²) in [4.78, 5) is 9.97. The number of hydrogen-bond donors (Lipinski definition) is 1. The molecular weight excluding hydrogens is 358 g/mol. The highest BCUT2D eigenvalue weighted by Crippen LogP contribution is 2.42. The number of nitrogens with one attached hydrogen (secondary N) is 1. The summed E-state index contributed by atoms with van der Waals surface area (Å²) in [5, 5.41) is 0. The minimum atomic E-state index is 0.558. The zero-order chi connectivity index (χ0) is 19.0. The second-order valence-electron chi connectivity index (χ2n) is 6.60. The van der Waals surface area contributed by atoms with E-state index >= 15 is 0 Å². The van der Waals surface area contributed by atoms with Crippen LogP contribution in [0.5, 0.6) is 17.4 Å². The van der Waals surface area contributed by atoms with Gasteiger partial charge in [0.1, 0.15) is 10.5 Å². The van der Waals surface area contributed by atoms with Crippen LogP contribution in [-0.4, -0.2) is 30.7 Å². The van der Waals surface area contributed by atoms with Gasteiger partial charge in [-0.15, -0.1) is 0 Å². The molecule has 1 aromatic heterocycles. The van der Waals surface area contributed by atoms with E-state index in [2.05, 4.69) is 27.0 Å². The number of anilines is 1. The van der Waals surface area contributed by atoms with E-state index in [0.717, 1.165) is 33.9 Å². The summed E-state index contributed by atoms with van der Waals surface area (Å²) in [6, 6.07) is 14.1. The summed E-state index contributed by atoms with van der Waals surface area (Å²) in [5.74, 6) is 2.83. The summed E-state index contributed by atoms with van der Waals surface area (Å²) in [7, 11) is 4.03. The molecule has 0 aliphatic carbocycles. The minimum absolute atomic E-state index is 0.558. The van der Waals surface area contributed by atoms with Crippen molar-refractivity contribution in [2.24, 2.45) is 0 Å². The summed E-state index contributed by atoms with van der Waals surface area (Å²) in [6.07, 6.45) is 0.674. The number of nitrogens with zero attached hydrogens (tertiary/aromatic N) is 2. The van der Waals surface area contributed by atoms with Crippen LogP contribution in [0.2, 0.25) is 0 Å². The van der Waals surface area contributed by atoms with E-state index in [-0.39, 0.29) is 0 Å². The van der Waals surface area contributed by atoms with E-state index in [4.69, 9.17) is 21.7 Å². The smallest absolute Gasteiger partial charge is 0.205 e. The third-order valence-electron chi connectivity index (χ3n) is 4.57. The molecule has 1 aliphatic heterocycles. The van der Waals surface area contributed by atoms with E-state index in [1.165, 1.54) is 0 Å². The van der Waals surface area contributed by atoms with Crippen LogP contribution in [0, 0.1) is 4.64 Å². The Labute approximate surface area is 163 Å². The number of fused-ring (bicyclic) bond motifs is 2. The zero-order valence-electron chi connectivity index (χ0n) is 15.6. The molecule has 0 spiro atoms. The SMILES string of the molecule is CCOc1cccc2c1Oc1[nH]c(-c3ccc(N(C)C)cc3)nc(=S)c1C2. The topological polar surface area (TPSA) is 50.4 Å². The monoisotopic (exact) mass is 379 g/mol. The van der Waals surface area contributed by atoms with Crippen LogP contribution in [0.15, 0.2) is 42.5 Å². The van der Waals surface area contributed by atoms with E-state index < -0.39 is 0 Å². The first-order valence-corrected chi connectivity index (χ1v) is 9.31. The third kappa shape index (κ3) is 3.28. The predicted octanol–water partition coefficient (Wildman–Crippen LogP) is 4.97. The van der Waals surface area contributed by atoms with Gasteiger partial charge in [0.2, 0.25) is 5.88 Å². The van der Waals surface area contributed by atoms with Gasteiger partial charge in [-0.2, -0.15) is 0 Å². The van der Waals surface area contributed by atoms with Crippen molar-refractivity contribution in [2.45, 2.75) is 13.3 Å². The standard InChI is InChI=1S/C21H21N3O2S/c1-4-25-17-7-5-6-14-12-16-20(26-18(14)17)22-19(23-21(16)27)13-8-10-15(11-9-13)24(2)3/h5-11H,4,12H2,1-3H3,(H,22,23,27). The number of rotatable bonds is 4. The molecule has 3 aromatic rings. The van der Waals surface area contributed by atoms with Gasteiger partial charge >= 0.3 is 0 Å². The fraction of sp³-hybridized carbons (Fsp3) is 0.238. The average molecular weight is 379 g/mol. The summed E-state index contributed by atoms with van der Waals surface area (Å²) in [6.45, 7) is 2.55. The van der Waals surface area contributed by atoms with Crippen molar-refractivity contribution in [3.63, 3.8) is 0 Å². The molecule has 0 bridgehead atoms. The average Bonchev–Trinajstić information content (AvgIpc) is 2.67. The summed E-state index contributed by atoms with van der Waals surface area (Å²) < 4.78 is 12.4. The van der Waals surface area contributed by atoms with Gasteiger partial charge in [-0.25, -0.2) is 4.98 Å². The molecule has 0 fully saturated rings. The molecule has 0 radical (unpaired) electrons. The van der Waals surface area contributed by atoms with Crippen LogP contribution in [0.25, 0.3) is 11.4 Å². The number of ether oxygens (including phenoxy) is 2. The first-order chi connectivity index (χ1) is 13.1. The lowest BCUT2D eigenvalue weighted by atomic mass is 10.0. The number of benzene rings is 2. The van der Waals surface area contributed by atoms with Crippen LogP contribution in [-0.2, 0) is 6.42 Å². The molecular formula is C21H21N3O2S. The molecule has 0 saturated heterocycles. The molecule has 0 amide bonds.